The lowest BCUT2D eigenvalue weighted by Crippen LogP contribution is -2.52. The maximum atomic E-state index is 12.5. The van der Waals surface area contributed by atoms with Gasteiger partial charge in [0.05, 0.1) is 29.3 Å². The first kappa shape index (κ1) is 15.8. The third kappa shape index (κ3) is 3.46. The van der Waals surface area contributed by atoms with Crippen LogP contribution < -0.4 is 11.0 Å². The number of anilines is 1. The Labute approximate surface area is 134 Å². The van der Waals surface area contributed by atoms with Gasteiger partial charge in [-0.25, -0.2) is 4.79 Å². The molecule has 1 aliphatic heterocycles. The van der Waals surface area contributed by atoms with E-state index in [1.807, 2.05) is 20.8 Å². The van der Waals surface area contributed by atoms with Gasteiger partial charge in [0.1, 0.15) is 0 Å². The van der Waals surface area contributed by atoms with Gasteiger partial charge in [-0.05, 0) is 39.0 Å². The maximum Gasteiger partial charge on any atom is 0.323 e. The van der Waals surface area contributed by atoms with Crippen molar-refractivity contribution in [3.63, 3.8) is 0 Å². The number of fused-ring (bicyclic) bond motifs is 1. The van der Waals surface area contributed by atoms with E-state index in [0.29, 0.717) is 11.2 Å². The Morgan fingerprint density at radius 1 is 1.26 bits per heavy atom. The highest BCUT2D eigenvalue weighted by atomic mass is 16.5. The minimum atomic E-state index is -0.256. The first-order valence-electron chi connectivity index (χ1n) is 7.85. The molecule has 23 heavy (non-hydrogen) atoms. The maximum absolute atomic E-state index is 12.5. The normalized spacial score (nSPS) is 23.8. The number of carbonyl (C=O) groups excluding carboxylic acids is 1. The Kier molecular flexibility index (Phi) is 4.23. The van der Waals surface area contributed by atoms with Crippen molar-refractivity contribution in [2.45, 2.75) is 39.0 Å². The fourth-order valence-electron chi connectivity index (χ4n) is 3.06. The minimum absolute atomic E-state index is 0.0662. The van der Waals surface area contributed by atoms with Crippen LogP contribution in [0.1, 0.15) is 20.8 Å². The molecule has 7 nitrogen and oxygen atoms in total. The molecule has 7 heteroatoms. The molecule has 3 rings (SSSR count). The predicted octanol–water partition coefficient (Wildman–Crippen LogP) is 1.29. The molecular weight excluding hydrogens is 296 g/mol. The first-order valence-corrected chi connectivity index (χ1v) is 7.85. The summed E-state index contributed by atoms with van der Waals surface area (Å²) >= 11 is 0. The Hall–Kier alpha value is -2.12. The molecule has 2 heterocycles. The zero-order chi connectivity index (χ0) is 16.6. The van der Waals surface area contributed by atoms with Crippen LogP contribution in [0.25, 0.3) is 11.0 Å². The lowest BCUT2D eigenvalue weighted by molar-refractivity contribution is -0.126. The number of imidazole rings is 1. The van der Waals surface area contributed by atoms with Gasteiger partial charge >= 0.3 is 5.69 Å². The Morgan fingerprint density at radius 3 is 2.61 bits per heavy atom. The quantitative estimate of drug-likeness (QED) is 0.795. The topological polar surface area (TPSA) is 90.2 Å². The number of H-pyrrole nitrogens is 2. The van der Waals surface area contributed by atoms with Crippen LogP contribution in [0.15, 0.2) is 23.0 Å². The number of ether oxygens (including phenoxy) is 1. The summed E-state index contributed by atoms with van der Waals surface area (Å²) in [6, 6.07) is 5.06. The van der Waals surface area contributed by atoms with Crippen LogP contribution in [0.3, 0.4) is 0 Å². The molecule has 1 amide bonds. The second kappa shape index (κ2) is 6.17. The fourth-order valence-corrected chi connectivity index (χ4v) is 3.06. The van der Waals surface area contributed by atoms with Crippen molar-refractivity contribution >= 4 is 22.6 Å². The summed E-state index contributed by atoms with van der Waals surface area (Å²) in [5.74, 6) is -0.0662. The van der Waals surface area contributed by atoms with E-state index in [1.165, 1.54) is 0 Å². The molecule has 3 N–H and O–H groups in total. The molecule has 1 saturated heterocycles. The van der Waals surface area contributed by atoms with Crippen molar-refractivity contribution < 1.29 is 9.53 Å². The molecule has 0 unspecified atom stereocenters. The van der Waals surface area contributed by atoms with Gasteiger partial charge in [0.15, 0.2) is 0 Å². The molecule has 1 aliphatic rings. The van der Waals surface area contributed by atoms with Crippen LogP contribution in [-0.4, -0.2) is 52.1 Å². The van der Waals surface area contributed by atoms with E-state index in [2.05, 4.69) is 20.2 Å². The van der Waals surface area contributed by atoms with Crippen molar-refractivity contribution in [1.82, 2.24) is 14.9 Å². The van der Waals surface area contributed by atoms with Crippen LogP contribution >= 0.6 is 0 Å². The van der Waals surface area contributed by atoms with E-state index in [9.17, 15) is 9.59 Å². The van der Waals surface area contributed by atoms with Gasteiger partial charge in [-0.1, -0.05) is 0 Å². The molecular formula is C16H22N4O3. The zero-order valence-electron chi connectivity index (χ0n) is 13.6. The monoisotopic (exact) mass is 318 g/mol. The third-order valence-corrected chi connectivity index (χ3v) is 4.16. The number of benzene rings is 1. The molecule has 0 saturated carbocycles. The molecule has 124 valence electrons. The number of hydrogen-bond acceptors (Lipinski definition) is 4. The average Bonchev–Trinajstić information content (AvgIpc) is 2.84. The summed E-state index contributed by atoms with van der Waals surface area (Å²) in [4.78, 5) is 31.3. The predicted molar refractivity (Wildman–Crippen MR) is 88.6 cm³/mol. The molecule has 1 aromatic carbocycles. The van der Waals surface area contributed by atoms with E-state index in [-0.39, 0.29) is 29.8 Å². The molecule has 0 aliphatic carbocycles. The van der Waals surface area contributed by atoms with E-state index >= 15 is 0 Å². The van der Waals surface area contributed by atoms with Crippen LogP contribution in [-0.2, 0) is 9.53 Å². The summed E-state index contributed by atoms with van der Waals surface area (Å²) in [5, 5.41) is 2.91. The van der Waals surface area contributed by atoms with Crippen LogP contribution in [0, 0.1) is 0 Å². The number of rotatable bonds is 3. The fraction of sp³-hybridized carbons (Fsp3) is 0.500. The standard InChI is InChI=1S/C16H22N4O3/c1-9-7-20(8-10(2)23-9)11(3)15(21)17-12-4-5-13-14(6-12)19-16(22)18-13/h4-6,9-11H,7-8H2,1-3H3,(H,17,21)(H2,18,19,22)/t9-,10-,11-/m0/s1. The summed E-state index contributed by atoms with van der Waals surface area (Å²) < 4.78 is 5.70. The lowest BCUT2D eigenvalue weighted by Gasteiger charge is -2.38. The van der Waals surface area contributed by atoms with Crippen LogP contribution in [0.5, 0.6) is 0 Å². The smallest absolute Gasteiger partial charge is 0.323 e. The van der Waals surface area contributed by atoms with Gasteiger partial charge in [0.25, 0.3) is 0 Å². The number of morpholine rings is 1. The molecule has 0 radical (unpaired) electrons. The molecule has 3 atom stereocenters. The highest BCUT2D eigenvalue weighted by Crippen LogP contribution is 2.17. The van der Waals surface area contributed by atoms with Crippen molar-refractivity contribution in [2.24, 2.45) is 0 Å². The Bertz CT molecular complexity index is 756. The largest absolute Gasteiger partial charge is 0.373 e. The third-order valence-electron chi connectivity index (χ3n) is 4.16. The number of aromatic nitrogens is 2. The van der Waals surface area contributed by atoms with Crippen molar-refractivity contribution in [2.75, 3.05) is 18.4 Å². The lowest BCUT2D eigenvalue weighted by atomic mass is 10.1. The number of amides is 1. The number of aromatic amines is 2. The van der Waals surface area contributed by atoms with Gasteiger partial charge < -0.3 is 20.0 Å². The summed E-state index contributed by atoms with van der Waals surface area (Å²) in [5.41, 5.74) is 1.80. The van der Waals surface area contributed by atoms with Crippen molar-refractivity contribution in [1.29, 1.82) is 0 Å². The summed E-state index contributed by atoms with van der Waals surface area (Å²) in [6.07, 6.45) is 0.241. The van der Waals surface area contributed by atoms with Gasteiger partial charge in [-0.15, -0.1) is 0 Å². The Balaban J connectivity index is 1.70. The van der Waals surface area contributed by atoms with Gasteiger partial charge in [-0.3, -0.25) is 9.69 Å². The average molecular weight is 318 g/mol. The highest BCUT2D eigenvalue weighted by molar-refractivity contribution is 5.96. The van der Waals surface area contributed by atoms with Gasteiger partial charge in [-0.2, -0.15) is 0 Å². The highest BCUT2D eigenvalue weighted by Gasteiger charge is 2.29. The number of nitrogens with zero attached hydrogens (tertiary/aromatic N) is 1. The number of nitrogens with one attached hydrogen (secondary N) is 3. The van der Waals surface area contributed by atoms with Gasteiger partial charge in [0, 0.05) is 18.8 Å². The second-order valence-corrected chi connectivity index (χ2v) is 6.22. The number of carbonyl (C=O) groups is 1. The summed E-state index contributed by atoms with van der Waals surface area (Å²) in [7, 11) is 0. The zero-order valence-corrected chi connectivity index (χ0v) is 13.6. The van der Waals surface area contributed by atoms with E-state index in [0.717, 1.165) is 18.6 Å². The second-order valence-electron chi connectivity index (χ2n) is 6.22. The van der Waals surface area contributed by atoms with E-state index in [1.54, 1.807) is 18.2 Å². The summed E-state index contributed by atoms with van der Waals surface area (Å²) in [6.45, 7) is 7.41. The van der Waals surface area contributed by atoms with Crippen molar-refractivity contribution in [3.8, 4) is 0 Å². The van der Waals surface area contributed by atoms with Crippen molar-refractivity contribution in [3.05, 3.63) is 28.7 Å². The van der Waals surface area contributed by atoms with E-state index < -0.39 is 0 Å². The van der Waals surface area contributed by atoms with Gasteiger partial charge in [0.2, 0.25) is 5.91 Å². The molecule has 0 spiro atoms. The molecule has 2 aromatic rings. The minimum Gasteiger partial charge on any atom is -0.373 e. The first-order chi connectivity index (χ1) is 10.9. The SMILES string of the molecule is C[C@H]1CN([C@@H](C)C(=O)Nc2ccc3[nH]c(=O)[nH]c3c2)C[C@H](C)O1. The van der Waals surface area contributed by atoms with E-state index in [4.69, 9.17) is 4.74 Å². The van der Waals surface area contributed by atoms with Crippen LogP contribution in [0.2, 0.25) is 0 Å². The molecule has 1 aromatic heterocycles. The molecule has 0 bridgehead atoms. The molecule has 1 fully saturated rings. The van der Waals surface area contributed by atoms with Crippen LogP contribution in [0.4, 0.5) is 5.69 Å². The number of hydrogen-bond donors (Lipinski definition) is 3. The Morgan fingerprint density at radius 2 is 1.91 bits per heavy atom.